The predicted octanol–water partition coefficient (Wildman–Crippen LogP) is 0.513. The van der Waals surface area contributed by atoms with E-state index in [-0.39, 0.29) is 41.3 Å². The molecule has 5 heterocycles. The van der Waals surface area contributed by atoms with E-state index in [0.29, 0.717) is 11.2 Å². The molecule has 0 bridgehead atoms. The highest BCUT2D eigenvalue weighted by molar-refractivity contribution is 8.00. The molecular weight excluding hydrogens is 508 g/mol. The number of halogens is 3. The first-order chi connectivity index (χ1) is 14.7. The van der Waals surface area contributed by atoms with Crippen molar-refractivity contribution in [2.45, 2.75) is 30.1 Å². The average Bonchev–Trinajstić information content (AvgIpc) is 3.21. The summed E-state index contributed by atoms with van der Waals surface area (Å²) in [6, 6.07) is 0. The van der Waals surface area contributed by atoms with Gasteiger partial charge < -0.3 is 31.3 Å². The zero-order valence-electron chi connectivity index (χ0n) is 19.0. The molecule has 10 nitrogen and oxygen atoms in total. The molecule has 0 aliphatic carbocycles. The van der Waals surface area contributed by atoms with Crippen molar-refractivity contribution >= 4 is 42.5 Å². The number of ether oxygens (including phenoxy) is 1. The molecule has 196 valence electrons. The number of hydrazine groups is 1. The molecule has 1 aromatic rings. The molecule has 14 heteroatoms. The third-order valence-corrected chi connectivity index (χ3v) is 8.02. The van der Waals surface area contributed by atoms with Crippen LogP contribution in [0.1, 0.15) is 19.3 Å². The van der Waals surface area contributed by atoms with Crippen molar-refractivity contribution in [3.05, 3.63) is 30.1 Å². The van der Waals surface area contributed by atoms with E-state index in [4.69, 9.17) is 4.74 Å². The summed E-state index contributed by atoms with van der Waals surface area (Å²) in [4.78, 5) is 13.2. The second-order valence-electron chi connectivity index (χ2n) is 8.41. The van der Waals surface area contributed by atoms with Crippen LogP contribution in [0.15, 0.2) is 24.3 Å². The van der Waals surface area contributed by atoms with E-state index in [1.165, 1.54) is 31.8 Å². The molecule has 34 heavy (non-hydrogen) atoms. The molecule has 0 radical (unpaired) electrons. The lowest BCUT2D eigenvalue weighted by Gasteiger charge is -2.33. The summed E-state index contributed by atoms with van der Waals surface area (Å²) in [5, 5.41) is 6.13. The van der Waals surface area contributed by atoms with Crippen molar-refractivity contribution in [2.24, 2.45) is 0 Å². The first-order valence-corrected chi connectivity index (χ1v) is 11.9. The number of anilines is 1. The summed E-state index contributed by atoms with van der Waals surface area (Å²) in [6.45, 7) is 8.49. The van der Waals surface area contributed by atoms with E-state index in [9.17, 15) is 4.39 Å². The van der Waals surface area contributed by atoms with Crippen molar-refractivity contribution in [1.82, 2.24) is 30.2 Å². The van der Waals surface area contributed by atoms with Crippen molar-refractivity contribution in [3.63, 3.8) is 0 Å². The summed E-state index contributed by atoms with van der Waals surface area (Å²) in [5.74, 6) is 1.85. The van der Waals surface area contributed by atoms with Gasteiger partial charge in [0.05, 0.1) is 37.0 Å². The second-order valence-corrected chi connectivity index (χ2v) is 9.57. The van der Waals surface area contributed by atoms with Gasteiger partial charge in [-0.3, -0.25) is 4.90 Å². The van der Waals surface area contributed by atoms with Crippen LogP contribution in [0.5, 0.6) is 0 Å². The Morgan fingerprint density at radius 2 is 1.76 bits per heavy atom. The number of morpholine rings is 1. The Morgan fingerprint density at radius 1 is 1.09 bits per heavy atom. The van der Waals surface area contributed by atoms with Gasteiger partial charge in [-0.2, -0.15) is 0 Å². The monoisotopic (exact) mass is 543 g/mol. The minimum absolute atomic E-state index is 0. The normalized spacial score (nSPS) is 26.7. The number of nitrogens with one attached hydrogen (secondary N) is 2. The molecule has 0 amide bonds. The first kappa shape index (κ1) is 31.1. The lowest BCUT2D eigenvalue weighted by molar-refractivity contribution is 0.0361. The van der Waals surface area contributed by atoms with Gasteiger partial charge in [0.15, 0.2) is 5.82 Å². The Balaban J connectivity index is 0.00000144. The fraction of sp³-hybridized carbons (Fsp3) is 0.700. The highest BCUT2D eigenvalue weighted by Crippen LogP contribution is 2.46. The molecule has 1 spiro atoms. The van der Waals surface area contributed by atoms with Crippen molar-refractivity contribution in [3.8, 4) is 0 Å². The SMILES string of the molecule is Cl.Cl.Fc1cnc(NC2=CC34CCN(CCCN5CCOCC5)CCC3SCN4N2)nc1.O.O. The van der Waals surface area contributed by atoms with Crippen LogP contribution >= 0.6 is 36.6 Å². The van der Waals surface area contributed by atoms with Crippen LogP contribution in [0.3, 0.4) is 0 Å². The third kappa shape index (κ3) is 6.83. The first-order valence-electron chi connectivity index (χ1n) is 10.9. The Kier molecular flexibility index (Phi) is 12.7. The van der Waals surface area contributed by atoms with Gasteiger partial charge in [-0.25, -0.2) is 19.4 Å². The van der Waals surface area contributed by atoms with Gasteiger partial charge in [0, 0.05) is 24.9 Å². The topological polar surface area (TPSA) is 132 Å². The maximum absolute atomic E-state index is 13.1. The highest BCUT2D eigenvalue weighted by atomic mass is 35.5. The Labute approximate surface area is 216 Å². The number of hydrogen-bond acceptors (Lipinski definition) is 9. The summed E-state index contributed by atoms with van der Waals surface area (Å²) >= 11 is 2.04. The molecule has 5 rings (SSSR count). The van der Waals surface area contributed by atoms with Crippen LogP contribution in [0.2, 0.25) is 0 Å². The van der Waals surface area contributed by atoms with E-state index in [0.717, 1.165) is 64.1 Å². The molecule has 2 atom stereocenters. The van der Waals surface area contributed by atoms with E-state index in [1.54, 1.807) is 0 Å². The van der Waals surface area contributed by atoms with Crippen molar-refractivity contribution < 1.29 is 20.1 Å². The Morgan fingerprint density at radius 3 is 2.47 bits per heavy atom. The van der Waals surface area contributed by atoms with Gasteiger partial charge in [-0.15, -0.1) is 36.6 Å². The maximum atomic E-state index is 13.1. The van der Waals surface area contributed by atoms with Crippen LogP contribution in [0, 0.1) is 5.82 Å². The van der Waals surface area contributed by atoms with Crippen molar-refractivity contribution in [2.75, 3.05) is 63.7 Å². The average molecular weight is 545 g/mol. The molecule has 3 saturated heterocycles. The fourth-order valence-corrected chi connectivity index (χ4v) is 6.42. The number of nitrogens with zero attached hydrogens (tertiary/aromatic N) is 5. The Hall–Kier alpha value is -0.960. The van der Waals surface area contributed by atoms with Gasteiger partial charge in [-0.05, 0) is 45.0 Å². The number of thioether (sulfide) groups is 1. The third-order valence-electron chi connectivity index (χ3n) is 6.57. The quantitative estimate of drug-likeness (QED) is 0.526. The zero-order chi connectivity index (χ0) is 20.4. The smallest absolute Gasteiger partial charge is 0.228 e. The van der Waals surface area contributed by atoms with E-state index in [1.807, 2.05) is 11.8 Å². The minimum Gasteiger partial charge on any atom is -0.412 e. The maximum Gasteiger partial charge on any atom is 0.228 e. The second kappa shape index (κ2) is 14.0. The molecule has 1 aromatic heterocycles. The summed E-state index contributed by atoms with van der Waals surface area (Å²) in [6.07, 6.45) is 8.19. The summed E-state index contributed by atoms with van der Waals surface area (Å²) < 4.78 is 18.5. The number of rotatable bonds is 6. The van der Waals surface area contributed by atoms with Crippen molar-refractivity contribution in [1.29, 1.82) is 0 Å². The van der Waals surface area contributed by atoms with Gasteiger partial charge >= 0.3 is 0 Å². The highest BCUT2D eigenvalue weighted by Gasteiger charge is 2.52. The number of hydrogen-bond donors (Lipinski definition) is 2. The van der Waals surface area contributed by atoms with Crippen LogP contribution in [0.4, 0.5) is 10.3 Å². The van der Waals surface area contributed by atoms with Crippen LogP contribution in [0.25, 0.3) is 0 Å². The molecule has 2 unspecified atom stereocenters. The molecule has 3 fully saturated rings. The van der Waals surface area contributed by atoms with Gasteiger partial charge in [-0.1, -0.05) is 0 Å². The van der Waals surface area contributed by atoms with E-state index in [2.05, 4.69) is 41.6 Å². The minimum atomic E-state index is -0.429. The van der Waals surface area contributed by atoms with Crippen LogP contribution in [-0.4, -0.2) is 105 Å². The zero-order valence-corrected chi connectivity index (χ0v) is 21.5. The number of aromatic nitrogens is 2. The fourth-order valence-electron chi connectivity index (χ4n) is 4.92. The van der Waals surface area contributed by atoms with E-state index < -0.39 is 5.82 Å². The molecular formula is C20H36Cl2FN7O3S. The molecule has 4 aliphatic rings. The molecule has 4 aliphatic heterocycles. The standard InChI is InChI=1S/C20H30FN7OS.2ClH.2H2O/c21-16-13-22-19(23-14-16)24-18-12-20-3-7-26(4-1-5-27-8-10-29-11-9-27)6-2-17(20)30-15-28(20)25-18;;;;/h12-14,17,25H,1-11,15H2,(H,22,23,24);2*1H;2*1H2. The Bertz CT molecular complexity index is 779. The lowest BCUT2D eigenvalue weighted by Crippen LogP contribution is -2.49. The summed E-state index contributed by atoms with van der Waals surface area (Å²) in [5.41, 5.74) is 3.51. The lowest BCUT2D eigenvalue weighted by atomic mass is 9.90. The van der Waals surface area contributed by atoms with Crippen LogP contribution < -0.4 is 10.7 Å². The molecule has 0 saturated carbocycles. The molecule has 0 aromatic carbocycles. The number of likely N-dealkylation sites (tertiary alicyclic amines) is 1. The van der Waals surface area contributed by atoms with Gasteiger partial charge in [0.2, 0.25) is 5.95 Å². The largest absolute Gasteiger partial charge is 0.412 e. The summed E-state index contributed by atoms with van der Waals surface area (Å²) in [7, 11) is 0. The van der Waals surface area contributed by atoms with Gasteiger partial charge in [0.1, 0.15) is 5.82 Å². The predicted molar refractivity (Wildman–Crippen MR) is 137 cm³/mol. The van der Waals surface area contributed by atoms with Crippen LogP contribution in [-0.2, 0) is 4.74 Å². The molecule has 6 N–H and O–H groups in total. The van der Waals surface area contributed by atoms with E-state index >= 15 is 0 Å². The van der Waals surface area contributed by atoms with Gasteiger partial charge in [0.25, 0.3) is 0 Å².